The summed E-state index contributed by atoms with van der Waals surface area (Å²) in [5, 5.41) is 0.684. The first-order valence-electron chi connectivity index (χ1n) is 7.72. The van der Waals surface area contributed by atoms with Crippen LogP contribution in [-0.4, -0.2) is 17.5 Å². The zero-order valence-corrected chi connectivity index (χ0v) is 15.2. The van der Waals surface area contributed by atoms with Crippen LogP contribution in [0.5, 0.6) is 0 Å². The van der Waals surface area contributed by atoms with Crippen molar-refractivity contribution in [2.45, 2.75) is 5.67 Å². The largest absolute Gasteiger partial charge is 0.312 e. The van der Waals surface area contributed by atoms with Crippen LogP contribution in [0.15, 0.2) is 57.8 Å². The zero-order valence-electron chi connectivity index (χ0n) is 13.6. The van der Waals surface area contributed by atoms with Gasteiger partial charge in [0.25, 0.3) is 11.5 Å². The van der Waals surface area contributed by atoms with Crippen molar-refractivity contribution in [1.82, 2.24) is 4.57 Å². The number of carbonyl (C=O) groups excluding carboxylic acids is 1. The molecule has 0 aliphatic carbocycles. The van der Waals surface area contributed by atoms with E-state index in [2.05, 4.69) is 15.9 Å². The molecule has 2 aromatic carbocycles. The van der Waals surface area contributed by atoms with Crippen molar-refractivity contribution in [3.8, 4) is 0 Å². The maximum atomic E-state index is 16.1. The molecule has 3 aromatic rings. The van der Waals surface area contributed by atoms with Crippen molar-refractivity contribution < 1.29 is 9.18 Å². The topological polar surface area (TPSA) is 42.3 Å². The van der Waals surface area contributed by atoms with Crippen LogP contribution in [0.4, 0.5) is 10.1 Å². The van der Waals surface area contributed by atoms with Gasteiger partial charge >= 0.3 is 0 Å². The number of halogens is 2. The summed E-state index contributed by atoms with van der Waals surface area (Å²) in [7, 11) is 3.10. The van der Waals surface area contributed by atoms with Crippen molar-refractivity contribution in [2.24, 2.45) is 7.05 Å². The van der Waals surface area contributed by atoms with E-state index in [1.807, 2.05) is 6.07 Å². The van der Waals surface area contributed by atoms with E-state index in [0.717, 1.165) is 4.47 Å². The summed E-state index contributed by atoms with van der Waals surface area (Å²) in [5.41, 5.74) is -1.82. The van der Waals surface area contributed by atoms with Gasteiger partial charge in [-0.15, -0.1) is 0 Å². The van der Waals surface area contributed by atoms with Gasteiger partial charge in [0.1, 0.15) is 0 Å². The summed E-state index contributed by atoms with van der Waals surface area (Å²) in [4.78, 5) is 26.9. The fourth-order valence-electron chi connectivity index (χ4n) is 3.47. The Morgan fingerprint density at radius 1 is 1.00 bits per heavy atom. The molecule has 1 aliphatic rings. The standard InChI is InChI=1S/C19H14BrFN2O2/c1-22-15-8-7-12(20)9-11(15)10-14(17(22)24)19(21)13-5-3-4-6-16(13)23(2)18(19)25/h3-10H,1-2H3/t19-/m1/s1. The molecule has 126 valence electrons. The number of rotatable bonds is 1. The Morgan fingerprint density at radius 2 is 1.72 bits per heavy atom. The van der Waals surface area contributed by atoms with Gasteiger partial charge in [0.05, 0.1) is 16.8 Å². The second-order valence-electron chi connectivity index (χ2n) is 6.17. The van der Waals surface area contributed by atoms with E-state index < -0.39 is 17.1 Å². The second-order valence-corrected chi connectivity index (χ2v) is 7.08. The molecule has 1 aromatic heterocycles. The van der Waals surface area contributed by atoms with Crippen LogP contribution >= 0.6 is 15.9 Å². The summed E-state index contributed by atoms with van der Waals surface area (Å²) < 4.78 is 18.3. The minimum absolute atomic E-state index is 0.164. The molecule has 0 spiro atoms. The van der Waals surface area contributed by atoms with E-state index in [-0.39, 0.29) is 11.1 Å². The van der Waals surface area contributed by atoms with Crippen molar-refractivity contribution >= 4 is 38.4 Å². The number of benzene rings is 2. The van der Waals surface area contributed by atoms with E-state index in [4.69, 9.17) is 0 Å². The molecule has 4 nitrogen and oxygen atoms in total. The van der Waals surface area contributed by atoms with E-state index in [0.29, 0.717) is 16.6 Å². The zero-order chi connectivity index (χ0) is 17.9. The molecule has 6 heteroatoms. The lowest BCUT2D eigenvalue weighted by atomic mass is 9.89. The number of hydrogen-bond acceptors (Lipinski definition) is 2. The maximum absolute atomic E-state index is 16.1. The number of hydrogen-bond donors (Lipinski definition) is 0. The predicted octanol–water partition coefficient (Wildman–Crippen LogP) is 3.49. The lowest BCUT2D eigenvalue weighted by Crippen LogP contribution is -2.41. The molecule has 2 heterocycles. The van der Waals surface area contributed by atoms with Crippen molar-refractivity contribution in [1.29, 1.82) is 0 Å². The molecule has 0 unspecified atom stereocenters. The molecule has 0 saturated carbocycles. The number of likely N-dealkylation sites (N-methyl/N-ethyl adjacent to an activating group) is 1. The van der Waals surface area contributed by atoms with Gasteiger partial charge in [-0.25, -0.2) is 4.39 Å². The van der Waals surface area contributed by atoms with Crippen molar-refractivity contribution in [3.63, 3.8) is 0 Å². The molecule has 0 saturated heterocycles. The molecule has 25 heavy (non-hydrogen) atoms. The van der Waals surface area contributed by atoms with Gasteiger partial charge in [-0.3, -0.25) is 9.59 Å². The highest BCUT2D eigenvalue weighted by molar-refractivity contribution is 9.10. The fourth-order valence-corrected chi connectivity index (χ4v) is 3.85. The average Bonchev–Trinajstić information content (AvgIpc) is 2.81. The van der Waals surface area contributed by atoms with Crippen LogP contribution in [0.1, 0.15) is 11.1 Å². The van der Waals surface area contributed by atoms with Crippen molar-refractivity contribution in [2.75, 3.05) is 11.9 Å². The third-order valence-corrected chi connectivity index (χ3v) is 5.29. The van der Waals surface area contributed by atoms with Crippen LogP contribution in [0.25, 0.3) is 10.9 Å². The first-order valence-corrected chi connectivity index (χ1v) is 8.51. The van der Waals surface area contributed by atoms with E-state index in [9.17, 15) is 9.59 Å². The van der Waals surface area contributed by atoms with Gasteiger partial charge in [0.2, 0.25) is 5.67 Å². The molecule has 0 N–H and O–H groups in total. The monoisotopic (exact) mass is 400 g/mol. The fraction of sp³-hybridized carbons (Fsp3) is 0.158. The Bertz CT molecular complexity index is 1110. The number of amides is 1. The van der Waals surface area contributed by atoms with Gasteiger partial charge in [0, 0.05) is 24.1 Å². The van der Waals surface area contributed by atoms with Gasteiger partial charge < -0.3 is 9.47 Å². The quantitative estimate of drug-likeness (QED) is 0.627. The van der Waals surface area contributed by atoms with Gasteiger partial charge in [-0.05, 0) is 35.7 Å². The number of pyridine rings is 1. The second kappa shape index (κ2) is 5.26. The number of alkyl halides is 1. The lowest BCUT2D eigenvalue weighted by molar-refractivity contribution is -0.126. The molecule has 0 fully saturated rings. The highest BCUT2D eigenvalue weighted by Crippen LogP contribution is 2.45. The Hall–Kier alpha value is -2.47. The smallest absolute Gasteiger partial charge is 0.274 e. The number of nitrogens with zero attached hydrogens (tertiary/aromatic N) is 2. The summed E-state index contributed by atoms with van der Waals surface area (Å²) in [5.74, 6) is -0.750. The first kappa shape index (κ1) is 16.0. The highest BCUT2D eigenvalue weighted by atomic mass is 79.9. The third-order valence-electron chi connectivity index (χ3n) is 4.79. The van der Waals surface area contributed by atoms with E-state index >= 15 is 4.39 Å². The first-order chi connectivity index (χ1) is 11.9. The lowest BCUT2D eigenvalue weighted by Gasteiger charge is -2.20. The summed E-state index contributed by atoms with van der Waals surface area (Å²) in [6.45, 7) is 0. The molecule has 1 atom stereocenters. The van der Waals surface area contributed by atoms with Crippen LogP contribution < -0.4 is 10.5 Å². The maximum Gasteiger partial charge on any atom is 0.274 e. The molecule has 0 bridgehead atoms. The predicted molar refractivity (Wildman–Crippen MR) is 98.6 cm³/mol. The summed E-state index contributed by atoms with van der Waals surface area (Å²) >= 11 is 3.39. The van der Waals surface area contributed by atoms with E-state index in [1.165, 1.54) is 22.6 Å². The molecule has 1 amide bonds. The van der Waals surface area contributed by atoms with Gasteiger partial charge in [-0.1, -0.05) is 34.1 Å². The highest BCUT2D eigenvalue weighted by Gasteiger charge is 2.53. The SMILES string of the molecule is CN1C(=O)[C@](F)(c2cc3cc(Br)ccc3n(C)c2=O)c2ccccc21. The number of aromatic nitrogens is 1. The average molecular weight is 401 g/mol. The number of carbonyl (C=O) groups is 1. The van der Waals surface area contributed by atoms with E-state index in [1.54, 1.807) is 43.4 Å². The number of anilines is 1. The van der Waals surface area contributed by atoms with Gasteiger partial charge in [0.15, 0.2) is 0 Å². The molecular formula is C19H14BrFN2O2. The summed E-state index contributed by atoms with van der Waals surface area (Å²) in [6, 6.07) is 13.5. The minimum Gasteiger partial charge on any atom is -0.312 e. The number of para-hydroxylation sites is 1. The van der Waals surface area contributed by atoms with Crippen LogP contribution in [0, 0.1) is 0 Å². The molecular weight excluding hydrogens is 387 g/mol. The molecule has 4 rings (SSSR count). The Balaban J connectivity index is 2.10. The molecule has 0 radical (unpaired) electrons. The third kappa shape index (κ3) is 2.03. The van der Waals surface area contributed by atoms with Crippen LogP contribution in [0.3, 0.4) is 0 Å². The number of fused-ring (bicyclic) bond motifs is 2. The summed E-state index contributed by atoms with van der Waals surface area (Å²) in [6.07, 6.45) is 0. The Kier molecular flexibility index (Phi) is 3.37. The van der Waals surface area contributed by atoms with Crippen molar-refractivity contribution in [3.05, 3.63) is 74.5 Å². The molecule has 1 aliphatic heterocycles. The minimum atomic E-state index is -2.49. The number of aryl methyl sites for hydroxylation is 1. The van der Waals surface area contributed by atoms with Crippen LogP contribution in [0.2, 0.25) is 0 Å². The Labute approximate surface area is 151 Å². The Morgan fingerprint density at radius 3 is 2.48 bits per heavy atom. The normalized spacial score (nSPS) is 19.5. The van der Waals surface area contributed by atoms with Crippen LogP contribution in [-0.2, 0) is 17.5 Å². The van der Waals surface area contributed by atoms with Gasteiger partial charge in [-0.2, -0.15) is 0 Å².